The summed E-state index contributed by atoms with van der Waals surface area (Å²) in [4.78, 5) is 12.4. The van der Waals surface area contributed by atoms with Crippen LogP contribution in [0.2, 0.25) is 0 Å². The van der Waals surface area contributed by atoms with Crippen molar-refractivity contribution in [2.75, 3.05) is 6.54 Å². The van der Waals surface area contributed by atoms with E-state index in [0.717, 1.165) is 20.8 Å². The fourth-order valence-corrected chi connectivity index (χ4v) is 4.63. The summed E-state index contributed by atoms with van der Waals surface area (Å²) in [5.41, 5.74) is 0.965. The third-order valence-corrected chi connectivity index (χ3v) is 6.61. The van der Waals surface area contributed by atoms with Gasteiger partial charge >= 0.3 is 0 Å². The lowest BCUT2D eigenvalue weighted by Gasteiger charge is -2.16. The minimum absolute atomic E-state index is 0.0314. The van der Waals surface area contributed by atoms with Crippen molar-refractivity contribution in [3.63, 3.8) is 0 Å². The lowest BCUT2D eigenvalue weighted by molar-refractivity contribution is -0.121. The Bertz CT molecular complexity index is 1100. The third-order valence-electron chi connectivity index (χ3n) is 4.42. The summed E-state index contributed by atoms with van der Waals surface area (Å²) in [6, 6.07) is 20.0. The van der Waals surface area contributed by atoms with Gasteiger partial charge in [0.1, 0.15) is 0 Å². The molecule has 0 aliphatic heterocycles. The van der Waals surface area contributed by atoms with Gasteiger partial charge in [0, 0.05) is 17.4 Å². The van der Waals surface area contributed by atoms with Gasteiger partial charge < -0.3 is 5.32 Å². The predicted octanol–water partition coefficient (Wildman–Crippen LogP) is 4.15. The van der Waals surface area contributed by atoms with E-state index in [1.807, 2.05) is 55.5 Å². The molecule has 0 saturated heterocycles. The summed E-state index contributed by atoms with van der Waals surface area (Å²) in [5, 5.41) is 4.71. The maximum atomic E-state index is 12.5. The fourth-order valence-electron chi connectivity index (χ4n) is 2.93. The van der Waals surface area contributed by atoms with E-state index in [1.165, 1.54) is 0 Å². The summed E-state index contributed by atoms with van der Waals surface area (Å²) in [6.07, 6.45) is 0.0571. The van der Waals surface area contributed by atoms with Gasteiger partial charge in [-0.3, -0.25) is 4.79 Å². The highest BCUT2D eigenvalue weighted by atomic mass is 79.9. The molecule has 0 bridgehead atoms. The lowest BCUT2D eigenvalue weighted by Crippen LogP contribution is -2.32. The second-order valence-corrected chi connectivity index (χ2v) is 9.09. The van der Waals surface area contributed by atoms with Crippen molar-refractivity contribution in [3.8, 4) is 0 Å². The molecule has 0 heterocycles. The zero-order valence-corrected chi connectivity index (χ0v) is 17.8. The average molecular weight is 461 g/mol. The molecule has 3 rings (SSSR count). The predicted molar refractivity (Wildman–Crippen MR) is 114 cm³/mol. The van der Waals surface area contributed by atoms with Crippen LogP contribution in [0, 0.1) is 0 Å². The summed E-state index contributed by atoms with van der Waals surface area (Å²) < 4.78 is 28.4. The van der Waals surface area contributed by atoms with Crippen LogP contribution in [-0.2, 0) is 14.8 Å². The number of carbonyl (C=O) groups excluding carboxylic acids is 1. The Balaban J connectivity index is 1.57. The van der Waals surface area contributed by atoms with E-state index in [9.17, 15) is 13.2 Å². The van der Waals surface area contributed by atoms with Crippen LogP contribution in [0.1, 0.15) is 24.9 Å². The van der Waals surface area contributed by atoms with Crippen LogP contribution in [0.15, 0.2) is 76.1 Å². The molecule has 3 aromatic carbocycles. The number of sulfonamides is 1. The van der Waals surface area contributed by atoms with Gasteiger partial charge in [-0.1, -0.05) is 64.5 Å². The van der Waals surface area contributed by atoms with Gasteiger partial charge in [-0.05, 0) is 41.5 Å². The Morgan fingerprint density at radius 1 is 1.00 bits per heavy atom. The van der Waals surface area contributed by atoms with E-state index in [0.29, 0.717) is 0 Å². The second kappa shape index (κ2) is 8.86. The number of carbonyl (C=O) groups is 1. The molecule has 0 fully saturated rings. The van der Waals surface area contributed by atoms with E-state index in [-0.39, 0.29) is 29.8 Å². The molecule has 28 heavy (non-hydrogen) atoms. The monoisotopic (exact) mass is 460 g/mol. The molecule has 0 spiro atoms. The Labute approximate surface area is 173 Å². The molecular formula is C21H21BrN2O3S. The van der Waals surface area contributed by atoms with Crippen LogP contribution in [-0.4, -0.2) is 20.9 Å². The zero-order chi connectivity index (χ0) is 20.1. The van der Waals surface area contributed by atoms with Crippen LogP contribution in [0.25, 0.3) is 10.8 Å². The lowest BCUT2D eigenvalue weighted by atomic mass is 10.1. The van der Waals surface area contributed by atoms with Crippen molar-refractivity contribution in [1.29, 1.82) is 0 Å². The molecule has 1 unspecified atom stereocenters. The molecule has 0 radical (unpaired) electrons. The maximum absolute atomic E-state index is 12.5. The van der Waals surface area contributed by atoms with Crippen molar-refractivity contribution in [3.05, 3.63) is 76.8 Å². The summed E-state index contributed by atoms with van der Waals surface area (Å²) in [7, 11) is -3.67. The van der Waals surface area contributed by atoms with E-state index >= 15 is 0 Å². The molecule has 0 aliphatic carbocycles. The molecule has 0 aromatic heterocycles. The van der Waals surface area contributed by atoms with Gasteiger partial charge in [0.15, 0.2) is 0 Å². The van der Waals surface area contributed by atoms with Crippen molar-refractivity contribution in [2.24, 2.45) is 0 Å². The highest BCUT2D eigenvalue weighted by Gasteiger charge is 2.16. The molecule has 1 amide bonds. The molecular weight excluding hydrogens is 440 g/mol. The van der Waals surface area contributed by atoms with E-state index < -0.39 is 10.0 Å². The maximum Gasteiger partial charge on any atom is 0.240 e. The first-order chi connectivity index (χ1) is 13.4. The topological polar surface area (TPSA) is 75.3 Å². The Morgan fingerprint density at radius 3 is 2.43 bits per heavy atom. The van der Waals surface area contributed by atoms with Gasteiger partial charge in [-0.2, -0.15) is 0 Å². The summed E-state index contributed by atoms with van der Waals surface area (Å²) in [5.74, 6) is -0.218. The Kier molecular flexibility index (Phi) is 6.49. The number of fused-ring (bicyclic) bond motifs is 1. The van der Waals surface area contributed by atoms with Crippen LogP contribution in [0.3, 0.4) is 0 Å². The molecule has 0 saturated carbocycles. The first-order valence-corrected chi connectivity index (χ1v) is 11.2. The minimum Gasteiger partial charge on any atom is -0.350 e. The normalized spacial score (nSPS) is 12.6. The number of nitrogens with one attached hydrogen (secondary N) is 2. The van der Waals surface area contributed by atoms with Crippen LogP contribution in [0.4, 0.5) is 0 Å². The highest BCUT2D eigenvalue weighted by molar-refractivity contribution is 9.10. The SMILES string of the molecule is CC(NC(=O)CCNS(=O)(=O)c1ccc2ccccc2c1)c1ccccc1Br. The van der Waals surface area contributed by atoms with Crippen molar-refractivity contribution in [2.45, 2.75) is 24.3 Å². The number of halogens is 1. The smallest absolute Gasteiger partial charge is 0.240 e. The van der Waals surface area contributed by atoms with Crippen LogP contribution >= 0.6 is 15.9 Å². The van der Waals surface area contributed by atoms with E-state index in [1.54, 1.807) is 18.2 Å². The quantitative estimate of drug-likeness (QED) is 0.555. The molecule has 146 valence electrons. The van der Waals surface area contributed by atoms with E-state index in [2.05, 4.69) is 26.0 Å². The van der Waals surface area contributed by atoms with E-state index in [4.69, 9.17) is 0 Å². The standard InChI is InChI=1S/C21H21BrN2O3S/c1-15(19-8-4-5-9-20(19)22)24-21(25)12-13-23-28(26,27)18-11-10-16-6-2-3-7-17(16)14-18/h2-11,14-15,23H,12-13H2,1H3,(H,24,25). The second-order valence-electron chi connectivity index (χ2n) is 6.47. The number of amides is 1. The van der Waals surface area contributed by atoms with Gasteiger partial charge in [-0.25, -0.2) is 13.1 Å². The van der Waals surface area contributed by atoms with Crippen LogP contribution in [0.5, 0.6) is 0 Å². The zero-order valence-electron chi connectivity index (χ0n) is 15.4. The van der Waals surface area contributed by atoms with Crippen molar-refractivity contribution < 1.29 is 13.2 Å². The molecule has 2 N–H and O–H groups in total. The third kappa shape index (κ3) is 4.98. The highest BCUT2D eigenvalue weighted by Crippen LogP contribution is 2.22. The van der Waals surface area contributed by atoms with Gasteiger partial charge in [0.25, 0.3) is 0 Å². The molecule has 3 aromatic rings. The number of hydrogen-bond donors (Lipinski definition) is 2. The molecule has 7 heteroatoms. The molecule has 0 aliphatic rings. The Morgan fingerprint density at radius 2 is 1.68 bits per heavy atom. The minimum atomic E-state index is -3.67. The van der Waals surface area contributed by atoms with Crippen LogP contribution < -0.4 is 10.0 Å². The fraction of sp³-hybridized carbons (Fsp3) is 0.190. The summed E-state index contributed by atoms with van der Waals surface area (Å²) >= 11 is 3.47. The first-order valence-electron chi connectivity index (χ1n) is 8.89. The molecule has 1 atom stereocenters. The first kappa shape index (κ1) is 20.5. The average Bonchev–Trinajstić information content (AvgIpc) is 2.67. The number of rotatable bonds is 7. The molecule has 5 nitrogen and oxygen atoms in total. The van der Waals surface area contributed by atoms with Gasteiger partial charge in [0.2, 0.25) is 15.9 Å². The largest absolute Gasteiger partial charge is 0.350 e. The summed E-state index contributed by atoms with van der Waals surface area (Å²) in [6.45, 7) is 1.92. The number of hydrogen-bond acceptors (Lipinski definition) is 3. The van der Waals surface area contributed by atoms with Crippen molar-refractivity contribution in [1.82, 2.24) is 10.0 Å². The number of benzene rings is 3. The Hall–Kier alpha value is -2.22. The van der Waals surface area contributed by atoms with Gasteiger partial charge in [-0.15, -0.1) is 0 Å². The van der Waals surface area contributed by atoms with Crippen molar-refractivity contribution >= 4 is 42.6 Å². The van der Waals surface area contributed by atoms with Gasteiger partial charge in [0.05, 0.1) is 10.9 Å².